The highest BCUT2D eigenvalue weighted by Gasteiger charge is 2.34. The first kappa shape index (κ1) is 30.5. The molecule has 9 heteroatoms. The van der Waals surface area contributed by atoms with E-state index in [9.17, 15) is 18.8 Å². The number of fused-ring (bicyclic) bond motifs is 1. The number of amides is 3. The molecule has 8 nitrogen and oxygen atoms in total. The predicted molar refractivity (Wildman–Crippen MR) is 156 cm³/mol. The van der Waals surface area contributed by atoms with E-state index < -0.39 is 18.1 Å². The average molecular weight is 567 g/mol. The Kier molecular flexibility index (Phi) is 10.7. The highest BCUT2D eigenvalue weighted by Crippen LogP contribution is 2.33. The summed E-state index contributed by atoms with van der Waals surface area (Å²) in [6.07, 6.45) is 4.07. The van der Waals surface area contributed by atoms with Crippen molar-refractivity contribution in [3.05, 3.63) is 65.5 Å². The van der Waals surface area contributed by atoms with Gasteiger partial charge in [0.2, 0.25) is 17.7 Å². The van der Waals surface area contributed by atoms with Gasteiger partial charge in [0.25, 0.3) is 0 Å². The van der Waals surface area contributed by atoms with Crippen LogP contribution in [-0.2, 0) is 27.2 Å². The molecule has 1 fully saturated rings. The van der Waals surface area contributed by atoms with Crippen LogP contribution in [0.2, 0.25) is 0 Å². The number of nitrogens with one attached hydrogen (secondary N) is 4. The molecule has 4 rings (SSSR count). The molecule has 41 heavy (non-hydrogen) atoms. The van der Waals surface area contributed by atoms with Crippen molar-refractivity contribution in [2.45, 2.75) is 83.5 Å². The smallest absolute Gasteiger partial charge is 0.243 e. The van der Waals surface area contributed by atoms with Crippen LogP contribution in [-0.4, -0.2) is 55.0 Å². The SMILES string of the molecule is CC(C)[C@H]1NC(=O)[C@@H](Cc2cccc(F)c2)NC[C@@H](C)Oc2ccccc2CCCNC(=O)[C@H](CC2CC2)NC1=O. The summed E-state index contributed by atoms with van der Waals surface area (Å²) in [5.41, 5.74) is 1.69. The van der Waals surface area contributed by atoms with Gasteiger partial charge in [-0.1, -0.05) is 57.0 Å². The van der Waals surface area contributed by atoms with Crippen LogP contribution in [0.5, 0.6) is 5.75 Å². The minimum absolute atomic E-state index is 0.205. The van der Waals surface area contributed by atoms with Crippen LogP contribution >= 0.6 is 0 Å². The van der Waals surface area contributed by atoms with E-state index in [4.69, 9.17) is 4.74 Å². The minimum Gasteiger partial charge on any atom is -0.489 e. The van der Waals surface area contributed by atoms with Crippen molar-refractivity contribution in [3.8, 4) is 5.75 Å². The van der Waals surface area contributed by atoms with E-state index in [0.717, 1.165) is 37.0 Å². The van der Waals surface area contributed by atoms with E-state index in [1.807, 2.05) is 45.0 Å². The first-order chi connectivity index (χ1) is 19.7. The number of carbonyl (C=O) groups excluding carboxylic acids is 3. The fourth-order valence-electron chi connectivity index (χ4n) is 5.13. The van der Waals surface area contributed by atoms with Crippen molar-refractivity contribution in [1.29, 1.82) is 0 Å². The van der Waals surface area contributed by atoms with Crippen molar-refractivity contribution in [1.82, 2.24) is 21.3 Å². The average Bonchev–Trinajstić information content (AvgIpc) is 3.75. The summed E-state index contributed by atoms with van der Waals surface area (Å²) >= 11 is 0. The van der Waals surface area contributed by atoms with Gasteiger partial charge in [0.05, 0.1) is 6.04 Å². The second kappa shape index (κ2) is 14.4. The zero-order chi connectivity index (χ0) is 29.4. The topological polar surface area (TPSA) is 109 Å². The van der Waals surface area contributed by atoms with E-state index in [-0.39, 0.29) is 42.0 Å². The van der Waals surface area contributed by atoms with Gasteiger partial charge in [-0.25, -0.2) is 4.39 Å². The Hall–Kier alpha value is -3.46. The van der Waals surface area contributed by atoms with Gasteiger partial charge in [-0.05, 0) is 73.8 Å². The normalized spacial score (nSPS) is 25.1. The quantitative estimate of drug-likeness (QED) is 0.444. The molecule has 0 unspecified atom stereocenters. The van der Waals surface area contributed by atoms with Gasteiger partial charge in [0, 0.05) is 13.1 Å². The summed E-state index contributed by atoms with van der Waals surface area (Å²) in [5.74, 6) is -0.381. The molecule has 1 aliphatic heterocycles. The molecule has 0 aromatic heterocycles. The van der Waals surface area contributed by atoms with Gasteiger partial charge in [0.1, 0.15) is 29.8 Å². The fourth-order valence-corrected chi connectivity index (χ4v) is 5.13. The molecule has 1 aliphatic carbocycles. The lowest BCUT2D eigenvalue weighted by Crippen LogP contribution is -2.58. The third-order valence-corrected chi connectivity index (χ3v) is 7.67. The summed E-state index contributed by atoms with van der Waals surface area (Å²) in [6, 6.07) is 11.7. The number of carbonyl (C=O) groups is 3. The van der Waals surface area contributed by atoms with Crippen LogP contribution in [0.4, 0.5) is 4.39 Å². The van der Waals surface area contributed by atoms with Crippen molar-refractivity contribution in [2.75, 3.05) is 13.1 Å². The molecule has 0 saturated heterocycles. The number of rotatable bonds is 5. The molecule has 2 aromatic rings. The monoisotopic (exact) mass is 566 g/mol. The molecular formula is C32H43FN4O4. The molecule has 2 aliphatic rings. The Labute approximate surface area is 242 Å². The van der Waals surface area contributed by atoms with Crippen LogP contribution in [0.25, 0.3) is 0 Å². The molecule has 1 heterocycles. The molecule has 0 radical (unpaired) electrons. The van der Waals surface area contributed by atoms with Gasteiger partial charge in [-0.15, -0.1) is 0 Å². The molecule has 0 bridgehead atoms. The number of ether oxygens (including phenoxy) is 1. The lowest BCUT2D eigenvalue weighted by atomic mass is 9.99. The number of para-hydroxylation sites is 1. The Morgan fingerprint density at radius 1 is 0.951 bits per heavy atom. The van der Waals surface area contributed by atoms with Gasteiger partial charge in [0.15, 0.2) is 0 Å². The molecule has 4 atom stereocenters. The molecular weight excluding hydrogens is 523 g/mol. The zero-order valence-electron chi connectivity index (χ0n) is 24.3. The van der Waals surface area contributed by atoms with E-state index in [2.05, 4.69) is 21.3 Å². The zero-order valence-corrected chi connectivity index (χ0v) is 24.3. The van der Waals surface area contributed by atoms with Gasteiger partial charge < -0.3 is 26.0 Å². The standard InChI is InChI=1S/C32H43FN4O4/c1-20(2)29-32(40)36-27(17-22-13-14-22)30(38)34-15-7-10-24-9-4-5-12-28(24)41-21(3)19-35-26(31(39)37-29)18-23-8-6-11-25(33)16-23/h4-6,8-9,11-12,16,20-22,26-27,29,35H,7,10,13-15,17-19H2,1-3H3,(H,34,38)(H,36,40)(H,37,39)/t21-,26-,27+,29-/m1/s1. The van der Waals surface area contributed by atoms with E-state index >= 15 is 0 Å². The summed E-state index contributed by atoms with van der Waals surface area (Å²) in [5, 5.41) is 12.1. The summed E-state index contributed by atoms with van der Waals surface area (Å²) in [4.78, 5) is 40.2. The molecule has 3 amide bonds. The minimum atomic E-state index is -0.840. The number of benzene rings is 2. The van der Waals surface area contributed by atoms with Crippen molar-refractivity contribution >= 4 is 17.7 Å². The number of hydrogen-bond donors (Lipinski definition) is 4. The van der Waals surface area contributed by atoms with Crippen LogP contribution in [0, 0.1) is 17.7 Å². The lowest BCUT2D eigenvalue weighted by molar-refractivity contribution is -0.133. The van der Waals surface area contributed by atoms with Gasteiger partial charge >= 0.3 is 0 Å². The number of aryl methyl sites for hydroxylation is 1. The maximum atomic E-state index is 14.0. The predicted octanol–water partition coefficient (Wildman–Crippen LogP) is 3.28. The van der Waals surface area contributed by atoms with Crippen LogP contribution in [0.1, 0.15) is 57.6 Å². The Balaban J connectivity index is 1.59. The number of hydrogen-bond acceptors (Lipinski definition) is 5. The Morgan fingerprint density at radius 3 is 2.46 bits per heavy atom. The second-order valence-corrected chi connectivity index (χ2v) is 11.7. The molecule has 0 spiro atoms. The maximum Gasteiger partial charge on any atom is 0.243 e. The Bertz CT molecular complexity index is 1200. The third-order valence-electron chi connectivity index (χ3n) is 7.67. The van der Waals surface area contributed by atoms with E-state index in [1.54, 1.807) is 12.1 Å². The second-order valence-electron chi connectivity index (χ2n) is 11.7. The van der Waals surface area contributed by atoms with Crippen LogP contribution in [0.15, 0.2) is 48.5 Å². The fraction of sp³-hybridized carbons (Fsp3) is 0.531. The molecule has 222 valence electrons. The third kappa shape index (κ3) is 9.28. The summed E-state index contributed by atoms with van der Waals surface area (Å²) < 4.78 is 20.2. The van der Waals surface area contributed by atoms with Gasteiger partial charge in [-0.3, -0.25) is 14.4 Å². The highest BCUT2D eigenvalue weighted by atomic mass is 19.1. The Morgan fingerprint density at radius 2 is 1.73 bits per heavy atom. The van der Waals surface area contributed by atoms with E-state index in [1.165, 1.54) is 12.1 Å². The molecule has 2 aromatic carbocycles. The van der Waals surface area contributed by atoms with Crippen LogP contribution in [0.3, 0.4) is 0 Å². The number of halogens is 1. The van der Waals surface area contributed by atoms with Gasteiger partial charge in [-0.2, -0.15) is 0 Å². The highest BCUT2D eigenvalue weighted by molar-refractivity contribution is 5.93. The van der Waals surface area contributed by atoms with Crippen LogP contribution < -0.4 is 26.0 Å². The van der Waals surface area contributed by atoms with E-state index in [0.29, 0.717) is 31.0 Å². The van der Waals surface area contributed by atoms with Crippen molar-refractivity contribution < 1.29 is 23.5 Å². The summed E-state index contributed by atoms with van der Waals surface area (Å²) in [6.45, 7) is 6.47. The largest absolute Gasteiger partial charge is 0.489 e. The van der Waals surface area contributed by atoms with Crippen molar-refractivity contribution in [3.63, 3.8) is 0 Å². The lowest BCUT2D eigenvalue weighted by Gasteiger charge is -2.28. The van der Waals surface area contributed by atoms with Crippen molar-refractivity contribution in [2.24, 2.45) is 11.8 Å². The molecule has 1 saturated carbocycles. The molecule has 4 N–H and O–H groups in total. The first-order valence-electron chi connectivity index (χ1n) is 14.8. The first-order valence-corrected chi connectivity index (χ1v) is 14.8. The summed E-state index contributed by atoms with van der Waals surface area (Å²) in [7, 11) is 0. The maximum absolute atomic E-state index is 14.0.